The SMILES string of the molecule is Cc1ccc(NC(c2ccc(F)c(Cl)c2)c2nc(S(C)(=O)=O)c(C)[nH]2)nn1. The van der Waals surface area contributed by atoms with Gasteiger partial charge < -0.3 is 10.3 Å². The van der Waals surface area contributed by atoms with Gasteiger partial charge in [0.05, 0.1) is 16.4 Å². The molecule has 0 saturated heterocycles. The van der Waals surface area contributed by atoms with Crippen molar-refractivity contribution in [3.05, 3.63) is 63.9 Å². The van der Waals surface area contributed by atoms with Crippen LogP contribution in [0.3, 0.4) is 0 Å². The average Bonchev–Trinajstić information content (AvgIpc) is 2.99. The molecule has 0 spiro atoms. The summed E-state index contributed by atoms with van der Waals surface area (Å²) in [5.41, 5.74) is 1.73. The molecule has 0 fully saturated rings. The van der Waals surface area contributed by atoms with E-state index in [4.69, 9.17) is 11.6 Å². The third-order valence-electron chi connectivity index (χ3n) is 3.85. The smallest absolute Gasteiger partial charge is 0.194 e. The average molecular weight is 410 g/mol. The minimum Gasteiger partial charge on any atom is -0.355 e. The summed E-state index contributed by atoms with van der Waals surface area (Å²) >= 11 is 5.92. The van der Waals surface area contributed by atoms with E-state index in [9.17, 15) is 12.8 Å². The summed E-state index contributed by atoms with van der Waals surface area (Å²) in [6.45, 7) is 3.43. The van der Waals surface area contributed by atoms with E-state index >= 15 is 0 Å². The number of hydrogen-bond acceptors (Lipinski definition) is 6. The first-order chi connectivity index (χ1) is 12.6. The maximum atomic E-state index is 13.6. The fourth-order valence-electron chi connectivity index (χ4n) is 2.59. The van der Waals surface area contributed by atoms with Crippen molar-refractivity contribution in [3.8, 4) is 0 Å². The van der Waals surface area contributed by atoms with Gasteiger partial charge in [-0.3, -0.25) is 0 Å². The summed E-state index contributed by atoms with van der Waals surface area (Å²) in [6.07, 6.45) is 1.09. The van der Waals surface area contributed by atoms with Crippen molar-refractivity contribution in [2.75, 3.05) is 11.6 Å². The molecule has 2 aromatic heterocycles. The van der Waals surface area contributed by atoms with E-state index in [2.05, 4.69) is 25.5 Å². The second kappa shape index (κ2) is 7.24. The molecular weight excluding hydrogens is 393 g/mol. The van der Waals surface area contributed by atoms with Gasteiger partial charge in [-0.1, -0.05) is 17.7 Å². The van der Waals surface area contributed by atoms with Crippen molar-refractivity contribution in [2.45, 2.75) is 24.9 Å². The van der Waals surface area contributed by atoms with E-state index in [-0.39, 0.29) is 10.0 Å². The standard InChI is InChI=1S/C17H17ClFN5O2S/c1-9-4-7-14(24-23-9)21-15(11-5-6-13(19)12(18)8-11)16-20-10(2)17(22-16)27(3,25)26/h4-8,15H,1-3H3,(H,20,22)(H,21,24). The fraction of sp³-hybridized carbons (Fsp3) is 0.235. The van der Waals surface area contributed by atoms with Crippen molar-refractivity contribution >= 4 is 27.3 Å². The molecule has 10 heteroatoms. The van der Waals surface area contributed by atoms with Crippen molar-refractivity contribution < 1.29 is 12.8 Å². The highest BCUT2D eigenvalue weighted by molar-refractivity contribution is 7.90. The van der Waals surface area contributed by atoms with Crippen LogP contribution < -0.4 is 5.32 Å². The number of nitrogens with zero attached hydrogens (tertiary/aromatic N) is 3. The summed E-state index contributed by atoms with van der Waals surface area (Å²) in [5, 5.41) is 11.1. The van der Waals surface area contributed by atoms with E-state index in [0.717, 1.165) is 11.9 Å². The minimum atomic E-state index is -3.51. The zero-order valence-corrected chi connectivity index (χ0v) is 16.4. The number of aromatic nitrogens is 4. The molecule has 3 rings (SSSR count). The number of aryl methyl sites for hydroxylation is 2. The molecule has 2 heterocycles. The first-order valence-electron chi connectivity index (χ1n) is 7.93. The van der Waals surface area contributed by atoms with Crippen LogP contribution in [-0.2, 0) is 9.84 Å². The molecule has 2 N–H and O–H groups in total. The van der Waals surface area contributed by atoms with E-state index in [1.165, 1.54) is 12.1 Å². The molecule has 27 heavy (non-hydrogen) atoms. The topological polar surface area (TPSA) is 101 Å². The van der Waals surface area contributed by atoms with Gasteiger partial charge in [0.1, 0.15) is 23.5 Å². The van der Waals surface area contributed by atoms with Gasteiger partial charge in [-0.15, -0.1) is 5.10 Å². The molecule has 142 valence electrons. The molecule has 0 radical (unpaired) electrons. The number of sulfone groups is 1. The normalized spacial score (nSPS) is 12.8. The zero-order chi connectivity index (χ0) is 19.8. The number of imidazole rings is 1. The van der Waals surface area contributed by atoms with E-state index < -0.39 is 21.7 Å². The molecule has 3 aromatic rings. The number of anilines is 1. The van der Waals surface area contributed by atoms with Gasteiger partial charge in [-0.25, -0.2) is 17.8 Å². The second-order valence-corrected chi connectivity index (χ2v) is 8.47. The van der Waals surface area contributed by atoms with Crippen LogP contribution in [0.2, 0.25) is 5.02 Å². The highest BCUT2D eigenvalue weighted by Crippen LogP contribution is 2.29. The van der Waals surface area contributed by atoms with E-state index in [0.29, 0.717) is 22.9 Å². The monoisotopic (exact) mass is 409 g/mol. The second-order valence-electron chi connectivity index (χ2n) is 6.14. The number of nitrogens with one attached hydrogen (secondary N) is 2. The van der Waals surface area contributed by atoms with Gasteiger partial charge in [0.2, 0.25) is 0 Å². The van der Waals surface area contributed by atoms with E-state index in [1.807, 2.05) is 6.92 Å². The summed E-state index contributed by atoms with van der Waals surface area (Å²) in [5.74, 6) is 0.223. The molecule has 0 saturated carbocycles. The first kappa shape index (κ1) is 19.2. The number of H-pyrrole nitrogens is 1. The lowest BCUT2D eigenvalue weighted by atomic mass is 10.1. The summed E-state index contributed by atoms with van der Waals surface area (Å²) in [6, 6.07) is 7.09. The number of benzene rings is 1. The maximum Gasteiger partial charge on any atom is 0.194 e. The molecule has 1 atom stereocenters. The molecule has 7 nitrogen and oxygen atoms in total. The minimum absolute atomic E-state index is 0.0486. The molecule has 0 aliphatic carbocycles. The molecular formula is C17H17ClFN5O2S. The maximum absolute atomic E-state index is 13.6. The molecule has 0 aliphatic heterocycles. The molecule has 1 unspecified atom stereocenters. The Labute approximate surface area is 160 Å². The Balaban J connectivity index is 2.09. The third kappa shape index (κ3) is 4.25. The van der Waals surface area contributed by atoms with Gasteiger partial charge in [-0.2, -0.15) is 5.10 Å². The Kier molecular flexibility index (Phi) is 5.16. The Bertz CT molecular complexity index is 1080. The van der Waals surface area contributed by atoms with Crippen LogP contribution in [0.25, 0.3) is 0 Å². The van der Waals surface area contributed by atoms with Crippen LogP contribution in [0.5, 0.6) is 0 Å². The van der Waals surface area contributed by atoms with Crippen molar-refractivity contribution in [3.63, 3.8) is 0 Å². The lowest BCUT2D eigenvalue weighted by Crippen LogP contribution is -2.16. The van der Waals surface area contributed by atoms with Crippen LogP contribution in [0.1, 0.15) is 28.8 Å². The van der Waals surface area contributed by atoms with Crippen molar-refractivity contribution in [1.82, 2.24) is 20.2 Å². The summed E-state index contributed by atoms with van der Waals surface area (Å²) in [4.78, 5) is 7.21. The Morgan fingerprint density at radius 3 is 2.48 bits per heavy atom. The Morgan fingerprint density at radius 1 is 1.19 bits per heavy atom. The third-order valence-corrected chi connectivity index (χ3v) is 5.24. The number of aromatic amines is 1. The molecule has 0 aliphatic rings. The largest absolute Gasteiger partial charge is 0.355 e. The van der Waals surface area contributed by atoms with Gasteiger partial charge in [0.25, 0.3) is 0 Å². The highest BCUT2D eigenvalue weighted by Gasteiger charge is 2.24. The Morgan fingerprint density at radius 2 is 1.93 bits per heavy atom. The predicted molar refractivity (Wildman–Crippen MR) is 100 cm³/mol. The van der Waals surface area contributed by atoms with E-state index in [1.54, 1.807) is 25.1 Å². The van der Waals surface area contributed by atoms with Gasteiger partial charge in [-0.05, 0) is 43.7 Å². The zero-order valence-electron chi connectivity index (χ0n) is 14.8. The van der Waals surface area contributed by atoms with Crippen LogP contribution >= 0.6 is 11.6 Å². The first-order valence-corrected chi connectivity index (χ1v) is 10.2. The van der Waals surface area contributed by atoms with Crippen LogP contribution in [0, 0.1) is 19.7 Å². The van der Waals surface area contributed by atoms with Gasteiger partial charge in [0.15, 0.2) is 14.9 Å². The predicted octanol–water partition coefficient (Wildman–Crippen LogP) is 3.21. The Hall–Kier alpha value is -2.52. The summed E-state index contributed by atoms with van der Waals surface area (Å²) < 4.78 is 37.4. The number of hydrogen-bond donors (Lipinski definition) is 2. The van der Waals surface area contributed by atoms with Crippen LogP contribution in [0.4, 0.5) is 10.2 Å². The highest BCUT2D eigenvalue weighted by atomic mass is 35.5. The lowest BCUT2D eigenvalue weighted by Gasteiger charge is -2.18. The van der Waals surface area contributed by atoms with Crippen molar-refractivity contribution in [1.29, 1.82) is 0 Å². The fourth-order valence-corrected chi connectivity index (χ4v) is 3.65. The molecule has 0 bridgehead atoms. The lowest BCUT2D eigenvalue weighted by molar-refractivity contribution is 0.597. The van der Waals surface area contributed by atoms with Crippen LogP contribution in [0.15, 0.2) is 35.4 Å². The molecule has 1 aromatic carbocycles. The number of halogens is 2. The van der Waals surface area contributed by atoms with Crippen LogP contribution in [-0.4, -0.2) is 34.8 Å². The quantitative estimate of drug-likeness (QED) is 0.671. The van der Waals surface area contributed by atoms with Gasteiger partial charge in [0, 0.05) is 6.26 Å². The summed E-state index contributed by atoms with van der Waals surface area (Å²) in [7, 11) is -3.51. The van der Waals surface area contributed by atoms with Gasteiger partial charge >= 0.3 is 0 Å². The van der Waals surface area contributed by atoms with Crippen molar-refractivity contribution in [2.24, 2.45) is 0 Å². The molecule has 0 amide bonds. The number of rotatable bonds is 5.